The number of nitrogens with zero attached hydrogens (tertiary/aromatic N) is 1. The molecule has 0 aromatic heterocycles. The first-order valence-corrected chi connectivity index (χ1v) is 8.82. The maximum atomic E-state index is 12.9. The lowest BCUT2D eigenvalue weighted by atomic mass is 10.2. The number of phenols is 1. The number of benzene rings is 2. The highest BCUT2D eigenvalue weighted by molar-refractivity contribution is 14.0. The maximum absolute atomic E-state index is 12.9. The van der Waals surface area contributed by atoms with Gasteiger partial charge < -0.3 is 25.2 Å². The van der Waals surface area contributed by atoms with Crippen molar-refractivity contribution in [3.63, 3.8) is 0 Å². The molecule has 0 heterocycles. The molecule has 0 amide bonds. The molecular weight excluding hydrogens is 476 g/mol. The predicted octanol–water partition coefficient (Wildman–Crippen LogP) is 3.68. The van der Waals surface area contributed by atoms with Crippen LogP contribution >= 0.6 is 24.0 Å². The van der Waals surface area contributed by atoms with Gasteiger partial charge in [0.1, 0.15) is 17.7 Å². The summed E-state index contributed by atoms with van der Waals surface area (Å²) in [6, 6.07) is 11.2. The Morgan fingerprint density at radius 3 is 2.54 bits per heavy atom. The van der Waals surface area contributed by atoms with Crippen LogP contribution in [0, 0.1) is 5.82 Å². The third-order valence-corrected chi connectivity index (χ3v) is 3.76. The van der Waals surface area contributed by atoms with Gasteiger partial charge in [0.2, 0.25) is 0 Å². The molecule has 8 heteroatoms. The number of hydrogen-bond donors (Lipinski definition) is 3. The normalized spacial score (nSPS) is 11.9. The molecule has 0 aliphatic carbocycles. The second-order valence-electron chi connectivity index (χ2n) is 5.93. The molecule has 1 unspecified atom stereocenters. The fraction of sp³-hybridized carbons (Fsp3) is 0.350. The van der Waals surface area contributed by atoms with Crippen molar-refractivity contribution < 1.29 is 19.0 Å². The zero-order chi connectivity index (χ0) is 19.6. The first-order chi connectivity index (χ1) is 13.0. The SMILES string of the molecule is CCNC(=NCc1cccc(OC)c1O)NCC(C)Oc1ccc(F)cc1.I. The average molecular weight is 503 g/mol. The van der Waals surface area contributed by atoms with Crippen molar-refractivity contribution in [2.45, 2.75) is 26.5 Å². The molecule has 154 valence electrons. The molecule has 0 spiro atoms. The van der Waals surface area contributed by atoms with Gasteiger partial charge in [0.05, 0.1) is 20.2 Å². The summed E-state index contributed by atoms with van der Waals surface area (Å²) in [6.07, 6.45) is -0.149. The van der Waals surface area contributed by atoms with Crippen LogP contribution in [0.2, 0.25) is 0 Å². The van der Waals surface area contributed by atoms with Crippen molar-refractivity contribution >= 4 is 29.9 Å². The molecule has 2 aromatic carbocycles. The molecular formula is C20H27FIN3O3. The van der Waals surface area contributed by atoms with Crippen molar-refractivity contribution in [2.75, 3.05) is 20.2 Å². The predicted molar refractivity (Wildman–Crippen MR) is 119 cm³/mol. The number of para-hydroxylation sites is 1. The summed E-state index contributed by atoms with van der Waals surface area (Å²) in [4.78, 5) is 4.48. The summed E-state index contributed by atoms with van der Waals surface area (Å²) in [7, 11) is 1.51. The minimum absolute atomic E-state index is 0. The van der Waals surface area contributed by atoms with Crippen molar-refractivity contribution in [1.29, 1.82) is 0 Å². The van der Waals surface area contributed by atoms with Gasteiger partial charge in [0.15, 0.2) is 17.5 Å². The van der Waals surface area contributed by atoms with E-state index in [1.807, 2.05) is 19.9 Å². The molecule has 1 atom stereocenters. The smallest absolute Gasteiger partial charge is 0.191 e. The molecule has 2 rings (SSSR count). The molecule has 2 aromatic rings. The van der Waals surface area contributed by atoms with Crippen molar-refractivity contribution in [3.8, 4) is 17.2 Å². The fourth-order valence-electron chi connectivity index (χ4n) is 2.39. The van der Waals surface area contributed by atoms with E-state index in [0.29, 0.717) is 42.7 Å². The molecule has 0 saturated carbocycles. The van der Waals surface area contributed by atoms with Gasteiger partial charge >= 0.3 is 0 Å². The van der Waals surface area contributed by atoms with Gasteiger partial charge in [-0.3, -0.25) is 0 Å². The third kappa shape index (κ3) is 7.41. The number of aromatic hydroxyl groups is 1. The molecule has 0 bridgehead atoms. The standard InChI is InChI=1S/C20H26FN3O3.HI/c1-4-22-20(24-13-15-6-5-7-18(26-3)19(15)25)23-12-14(2)27-17-10-8-16(21)9-11-17;/h5-11,14,25H,4,12-13H2,1-3H3,(H2,22,23,24);1H. The molecule has 0 saturated heterocycles. The third-order valence-electron chi connectivity index (χ3n) is 3.76. The Morgan fingerprint density at radius 1 is 1.18 bits per heavy atom. The Morgan fingerprint density at radius 2 is 1.89 bits per heavy atom. The van der Waals surface area contributed by atoms with E-state index in [9.17, 15) is 9.50 Å². The number of methoxy groups -OCH3 is 1. The van der Waals surface area contributed by atoms with Crippen LogP contribution in [-0.4, -0.2) is 37.4 Å². The van der Waals surface area contributed by atoms with E-state index in [4.69, 9.17) is 9.47 Å². The molecule has 3 N–H and O–H groups in total. The van der Waals surface area contributed by atoms with Crippen molar-refractivity contribution in [3.05, 3.63) is 53.8 Å². The maximum Gasteiger partial charge on any atom is 0.191 e. The summed E-state index contributed by atoms with van der Waals surface area (Å²) in [5.74, 6) is 1.42. The minimum atomic E-state index is -0.296. The summed E-state index contributed by atoms with van der Waals surface area (Å²) in [5.41, 5.74) is 0.669. The average Bonchev–Trinajstić information content (AvgIpc) is 2.67. The Labute approximate surface area is 182 Å². The lowest BCUT2D eigenvalue weighted by Gasteiger charge is -2.18. The molecule has 6 nitrogen and oxygen atoms in total. The van der Waals surface area contributed by atoms with Crippen molar-refractivity contribution in [2.24, 2.45) is 4.99 Å². The van der Waals surface area contributed by atoms with E-state index < -0.39 is 0 Å². The molecule has 0 radical (unpaired) electrons. The monoisotopic (exact) mass is 503 g/mol. The Kier molecular flexibility index (Phi) is 10.4. The van der Waals surface area contributed by atoms with Gasteiger partial charge in [-0.15, -0.1) is 24.0 Å². The molecule has 28 heavy (non-hydrogen) atoms. The summed E-state index contributed by atoms with van der Waals surface area (Å²) in [6.45, 7) is 5.38. The van der Waals surface area contributed by atoms with Crippen LogP contribution in [0.4, 0.5) is 4.39 Å². The van der Waals surface area contributed by atoms with Crippen LogP contribution < -0.4 is 20.1 Å². The highest BCUT2D eigenvalue weighted by Crippen LogP contribution is 2.29. The van der Waals surface area contributed by atoms with E-state index in [1.165, 1.54) is 19.2 Å². The second kappa shape index (κ2) is 12.3. The Hall–Kier alpha value is -2.23. The van der Waals surface area contributed by atoms with E-state index in [1.54, 1.807) is 24.3 Å². The van der Waals surface area contributed by atoms with E-state index in [2.05, 4.69) is 15.6 Å². The number of hydrogen-bond acceptors (Lipinski definition) is 4. The first-order valence-electron chi connectivity index (χ1n) is 8.82. The molecule has 0 aliphatic rings. The van der Waals surface area contributed by atoms with Crippen LogP contribution in [0.25, 0.3) is 0 Å². The largest absolute Gasteiger partial charge is 0.504 e. The van der Waals surface area contributed by atoms with E-state index in [-0.39, 0.29) is 41.6 Å². The zero-order valence-electron chi connectivity index (χ0n) is 16.2. The second-order valence-corrected chi connectivity index (χ2v) is 5.93. The number of ether oxygens (including phenoxy) is 2. The van der Waals surface area contributed by atoms with Gasteiger partial charge in [0.25, 0.3) is 0 Å². The van der Waals surface area contributed by atoms with Crippen LogP contribution in [0.15, 0.2) is 47.5 Å². The fourth-order valence-corrected chi connectivity index (χ4v) is 2.39. The van der Waals surface area contributed by atoms with Crippen LogP contribution in [0.1, 0.15) is 19.4 Å². The van der Waals surface area contributed by atoms with Crippen LogP contribution in [0.5, 0.6) is 17.2 Å². The number of rotatable bonds is 8. The quantitative estimate of drug-likeness (QED) is 0.291. The van der Waals surface area contributed by atoms with Gasteiger partial charge in [-0.25, -0.2) is 9.38 Å². The molecule has 0 fully saturated rings. The molecule has 0 aliphatic heterocycles. The zero-order valence-corrected chi connectivity index (χ0v) is 18.6. The van der Waals surface area contributed by atoms with E-state index in [0.717, 1.165) is 0 Å². The number of nitrogens with one attached hydrogen (secondary N) is 2. The van der Waals surface area contributed by atoms with Gasteiger partial charge in [-0.2, -0.15) is 0 Å². The van der Waals surface area contributed by atoms with Crippen molar-refractivity contribution in [1.82, 2.24) is 10.6 Å². The highest BCUT2D eigenvalue weighted by atomic mass is 127. The number of halogens is 2. The number of phenolic OH excluding ortho intramolecular Hbond substituents is 1. The summed E-state index contributed by atoms with van der Waals surface area (Å²) < 4.78 is 23.8. The van der Waals surface area contributed by atoms with Gasteiger partial charge in [-0.1, -0.05) is 12.1 Å². The lowest BCUT2D eigenvalue weighted by molar-refractivity contribution is 0.223. The van der Waals surface area contributed by atoms with E-state index >= 15 is 0 Å². The highest BCUT2D eigenvalue weighted by Gasteiger charge is 2.09. The topological polar surface area (TPSA) is 75.1 Å². The minimum Gasteiger partial charge on any atom is -0.504 e. The number of guanidine groups is 1. The number of aliphatic imine (C=N–C) groups is 1. The summed E-state index contributed by atoms with van der Waals surface area (Å²) >= 11 is 0. The van der Waals surface area contributed by atoms with Gasteiger partial charge in [0, 0.05) is 12.1 Å². The lowest BCUT2D eigenvalue weighted by Crippen LogP contribution is -2.41. The Balaban J connectivity index is 0.00000392. The first kappa shape index (κ1) is 23.8. The van der Waals surface area contributed by atoms with Crippen LogP contribution in [0.3, 0.4) is 0 Å². The van der Waals surface area contributed by atoms with Gasteiger partial charge in [-0.05, 0) is 44.2 Å². The summed E-state index contributed by atoms with van der Waals surface area (Å²) in [5, 5.41) is 16.5. The van der Waals surface area contributed by atoms with Crippen LogP contribution in [-0.2, 0) is 6.54 Å². The Bertz CT molecular complexity index is 757.